The van der Waals surface area contributed by atoms with E-state index in [-0.39, 0.29) is 35.2 Å². The zero-order valence-electron chi connectivity index (χ0n) is 18.7. The minimum atomic E-state index is -0.501. The predicted molar refractivity (Wildman–Crippen MR) is 132 cm³/mol. The lowest BCUT2D eigenvalue weighted by Gasteiger charge is -2.10. The van der Waals surface area contributed by atoms with Crippen molar-refractivity contribution in [1.29, 1.82) is 0 Å². The normalized spacial score (nSPS) is 10.8. The van der Waals surface area contributed by atoms with Gasteiger partial charge in [-0.2, -0.15) is 20.1 Å². The van der Waals surface area contributed by atoms with Crippen LogP contribution >= 0.6 is 0 Å². The molecular formula is C24H20F2N8O2. The Bertz CT molecular complexity index is 1300. The Morgan fingerprint density at radius 1 is 0.778 bits per heavy atom. The van der Waals surface area contributed by atoms with Crippen molar-refractivity contribution in [3.05, 3.63) is 111 Å². The second-order valence-electron chi connectivity index (χ2n) is 7.45. The number of aromatic nitrogens is 3. The van der Waals surface area contributed by atoms with E-state index in [1.165, 1.54) is 36.5 Å². The molecule has 182 valence electrons. The molecule has 36 heavy (non-hydrogen) atoms. The molecule has 0 unspecified atom stereocenters. The zero-order chi connectivity index (χ0) is 25.3. The highest BCUT2D eigenvalue weighted by Gasteiger charge is 2.11. The van der Waals surface area contributed by atoms with E-state index in [1.54, 1.807) is 42.5 Å². The minimum Gasteiger partial charge on any atom is -0.350 e. The van der Waals surface area contributed by atoms with Crippen molar-refractivity contribution in [1.82, 2.24) is 15.0 Å². The average molecular weight is 490 g/mol. The molecule has 0 saturated carbocycles. The fraction of sp³-hybridized carbons (Fsp3) is 0.0833. The molecule has 4 rings (SSSR count). The average Bonchev–Trinajstić information content (AvgIpc) is 2.88. The van der Waals surface area contributed by atoms with Crippen LogP contribution < -0.4 is 16.1 Å². The van der Waals surface area contributed by atoms with E-state index in [9.17, 15) is 18.9 Å². The van der Waals surface area contributed by atoms with Gasteiger partial charge in [-0.05, 0) is 41.5 Å². The molecule has 1 heterocycles. The van der Waals surface area contributed by atoms with E-state index >= 15 is 0 Å². The number of nitro groups is 1. The van der Waals surface area contributed by atoms with Gasteiger partial charge in [0.25, 0.3) is 5.69 Å². The molecule has 1 aromatic heterocycles. The Labute approximate surface area is 204 Å². The van der Waals surface area contributed by atoms with Gasteiger partial charge in [-0.15, -0.1) is 0 Å². The second-order valence-corrected chi connectivity index (χ2v) is 7.45. The summed E-state index contributed by atoms with van der Waals surface area (Å²) in [5.74, 6) is -0.190. The molecule has 0 radical (unpaired) electrons. The monoisotopic (exact) mass is 490 g/mol. The number of anilines is 3. The Morgan fingerprint density at radius 3 is 1.81 bits per heavy atom. The van der Waals surface area contributed by atoms with Crippen LogP contribution in [0.25, 0.3) is 0 Å². The summed E-state index contributed by atoms with van der Waals surface area (Å²) in [6.07, 6.45) is 1.29. The van der Waals surface area contributed by atoms with Crippen molar-refractivity contribution < 1.29 is 13.7 Å². The van der Waals surface area contributed by atoms with E-state index in [4.69, 9.17) is 0 Å². The predicted octanol–water partition coefficient (Wildman–Crippen LogP) is 4.73. The molecule has 0 spiro atoms. The first-order valence-corrected chi connectivity index (χ1v) is 10.7. The maximum absolute atomic E-state index is 13.2. The zero-order valence-corrected chi connectivity index (χ0v) is 18.7. The SMILES string of the molecule is O=[N+]([O-])c1ccccc1/C=N/Nc1nc(NCc2ccc(F)cc2)nc(NCc2ccc(F)cc2)n1. The van der Waals surface area contributed by atoms with Crippen LogP contribution in [0.5, 0.6) is 0 Å². The van der Waals surface area contributed by atoms with Crippen molar-refractivity contribution in [3.63, 3.8) is 0 Å². The van der Waals surface area contributed by atoms with Gasteiger partial charge in [-0.3, -0.25) is 10.1 Å². The number of rotatable bonds is 10. The van der Waals surface area contributed by atoms with Crippen molar-refractivity contribution in [2.45, 2.75) is 13.1 Å². The van der Waals surface area contributed by atoms with Gasteiger partial charge in [0.2, 0.25) is 17.8 Å². The minimum absolute atomic E-state index is 0.0723. The van der Waals surface area contributed by atoms with Crippen LogP contribution in [-0.4, -0.2) is 26.1 Å². The van der Waals surface area contributed by atoms with Crippen LogP contribution in [-0.2, 0) is 13.1 Å². The molecule has 0 atom stereocenters. The highest BCUT2D eigenvalue weighted by molar-refractivity contribution is 5.85. The summed E-state index contributed by atoms with van der Waals surface area (Å²) in [6, 6.07) is 18.1. The van der Waals surface area contributed by atoms with Crippen LogP contribution in [0.4, 0.5) is 32.3 Å². The lowest BCUT2D eigenvalue weighted by molar-refractivity contribution is -0.385. The summed E-state index contributed by atoms with van der Waals surface area (Å²) < 4.78 is 26.3. The Hall–Kier alpha value is -5.00. The van der Waals surface area contributed by atoms with E-state index in [0.29, 0.717) is 18.7 Å². The Morgan fingerprint density at radius 2 is 1.28 bits per heavy atom. The molecule has 4 aromatic rings. The molecule has 10 nitrogen and oxygen atoms in total. The van der Waals surface area contributed by atoms with Crippen LogP contribution in [0.3, 0.4) is 0 Å². The summed E-state index contributed by atoms with van der Waals surface area (Å²) >= 11 is 0. The summed E-state index contributed by atoms with van der Waals surface area (Å²) in [7, 11) is 0. The van der Waals surface area contributed by atoms with Gasteiger partial charge in [-0.1, -0.05) is 36.4 Å². The lowest BCUT2D eigenvalue weighted by Crippen LogP contribution is -2.11. The van der Waals surface area contributed by atoms with Crippen molar-refractivity contribution in [2.24, 2.45) is 5.10 Å². The van der Waals surface area contributed by atoms with Gasteiger partial charge in [-0.25, -0.2) is 14.2 Å². The van der Waals surface area contributed by atoms with Gasteiger partial charge >= 0.3 is 0 Å². The topological polar surface area (TPSA) is 130 Å². The number of para-hydroxylation sites is 1. The molecule has 3 N–H and O–H groups in total. The number of hydrogen-bond acceptors (Lipinski definition) is 9. The molecule has 0 aliphatic heterocycles. The summed E-state index contributed by atoms with van der Waals surface area (Å²) in [5.41, 5.74) is 4.47. The third-order valence-corrected chi connectivity index (χ3v) is 4.86. The largest absolute Gasteiger partial charge is 0.350 e. The molecule has 0 bridgehead atoms. The third kappa shape index (κ3) is 6.76. The van der Waals surface area contributed by atoms with E-state index in [1.807, 2.05) is 0 Å². The fourth-order valence-electron chi connectivity index (χ4n) is 3.07. The Balaban J connectivity index is 1.51. The van der Waals surface area contributed by atoms with E-state index < -0.39 is 4.92 Å². The third-order valence-electron chi connectivity index (χ3n) is 4.86. The molecule has 0 aliphatic carbocycles. The summed E-state index contributed by atoms with van der Waals surface area (Å²) in [5, 5.41) is 21.3. The maximum atomic E-state index is 13.2. The highest BCUT2D eigenvalue weighted by atomic mass is 19.1. The quantitative estimate of drug-likeness (QED) is 0.165. The summed E-state index contributed by atoms with van der Waals surface area (Å²) in [6.45, 7) is 0.640. The highest BCUT2D eigenvalue weighted by Crippen LogP contribution is 2.16. The first kappa shape index (κ1) is 24.1. The smallest absolute Gasteiger partial charge is 0.278 e. The number of nitro benzene ring substituents is 1. The molecule has 3 aromatic carbocycles. The molecule has 0 fully saturated rings. The fourth-order valence-corrected chi connectivity index (χ4v) is 3.07. The number of halogens is 2. The maximum Gasteiger partial charge on any atom is 0.278 e. The van der Waals surface area contributed by atoms with Gasteiger partial charge in [0.15, 0.2) is 0 Å². The summed E-state index contributed by atoms with van der Waals surface area (Å²) in [4.78, 5) is 23.6. The molecule has 0 aliphatic rings. The van der Waals surface area contributed by atoms with Crippen LogP contribution in [0.2, 0.25) is 0 Å². The van der Waals surface area contributed by atoms with Crippen molar-refractivity contribution in [3.8, 4) is 0 Å². The van der Waals surface area contributed by atoms with Gasteiger partial charge < -0.3 is 10.6 Å². The first-order chi connectivity index (χ1) is 17.5. The molecule has 0 saturated heterocycles. The Kier molecular flexibility index (Phi) is 7.66. The number of hydrazone groups is 1. The second kappa shape index (κ2) is 11.4. The molecular weight excluding hydrogens is 470 g/mol. The molecule has 12 heteroatoms. The number of nitrogens with zero attached hydrogens (tertiary/aromatic N) is 5. The van der Waals surface area contributed by atoms with Crippen molar-refractivity contribution >= 4 is 29.7 Å². The van der Waals surface area contributed by atoms with Crippen molar-refractivity contribution in [2.75, 3.05) is 16.1 Å². The van der Waals surface area contributed by atoms with Crippen LogP contribution in [0.15, 0.2) is 77.9 Å². The first-order valence-electron chi connectivity index (χ1n) is 10.7. The van der Waals surface area contributed by atoms with E-state index in [2.05, 4.69) is 36.1 Å². The number of benzene rings is 3. The van der Waals surface area contributed by atoms with Gasteiger partial charge in [0, 0.05) is 19.2 Å². The number of hydrogen-bond donors (Lipinski definition) is 3. The van der Waals surface area contributed by atoms with Crippen LogP contribution in [0.1, 0.15) is 16.7 Å². The lowest BCUT2D eigenvalue weighted by atomic mass is 10.2. The standard InChI is InChI=1S/C24H20F2N8O2/c25-19-9-5-16(6-10-19)13-27-22-30-23(28-14-17-7-11-20(26)12-8-17)32-24(31-22)33-29-15-18-3-1-2-4-21(18)34(35)36/h1-12,15H,13-14H2,(H3,27,28,30,31,32,33)/b29-15+. The van der Waals surface area contributed by atoms with Gasteiger partial charge in [0.05, 0.1) is 16.7 Å². The van der Waals surface area contributed by atoms with Crippen LogP contribution in [0, 0.1) is 21.7 Å². The molecule has 0 amide bonds. The van der Waals surface area contributed by atoms with Gasteiger partial charge in [0.1, 0.15) is 11.6 Å². The van der Waals surface area contributed by atoms with E-state index in [0.717, 1.165) is 11.1 Å². The number of nitrogens with one attached hydrogen (secondary N) is 3.